The first-order valence-electron chi connectivity index (χ1n) is 4.46. The van der Waals surface area contributed by atoms with Crippen molar-refractivity contribution in [1.29, 1.82) is 5.41 Å². The van der Waals surface area contributed by atoms with Gasteiger partial charge in [0.05, 0.1) is 0 Å². The molecule has 2 aliphatic rings. The second-order valence-corrected chi connectivity index (χ2v) is 4.49. The third-order valence-corrected chi connectivity index (χ3v) is 3.95. The summed E-state index contributed by atoms with van der Waals surface area (Å²) in [5, 5.41) is 10.4. The summed E-state index contributed by atoms with van der Waals surface area (Å²) >= 11 is 1.82. The van der Waals surface area contributed by atoms with Crippen molar-refractivity contribution in [2.24, 2.45) is 0 Å². The first-order chi connectivity index (χ1) is 6.20. The van der Waals surface area contributed by atoms with Gasteiger partial charge < -0.3 is 4.90 Å². The minimum atomic E-state index is -0.295. The van der Waals surface area contributed by atoms with Crippen LogP contribution in [0.5, 0.6) is 0 Å². The molecule has 2 amide bonds. The molecule has 0 bridgehead atoms. The standard InChI is InChI=1S/C8H13N3OS/c1-2-11-7(12)10-6(9)8(11)3-4-13-5-8/h2-5H2,1H3,(H2,9,10,12). The van der Waals surface area contributed by atoms with Crippen LogP contribution in [0.2, 0.25) is 0 Å². The predicted octanol–water partition coefficient (Wildman–Crippen LogP) is 0.884. The van der Waals surface area contributed by atoms with Crippen LogP contribution in [0.15, 0.2) is 0 Å². The van der Waals surface area contributed by atoms with Crippen LogP contribution in [0.1, 0.15) is 13.3 Å². The Bertz CT molecular complexity index is 260. The Morgan fingerprint density at radius 1 is 1.77 bits per heavy atom. The van der Waals surface area contributed by atoms with Gasteiger partial charge in [0.2, 0.25) is 0 Å². The van der Waals surface area contributed by atoms with Gasteiger partial charge in [-0.25, -0.2) is 4.79 Å². The number of thioether (sulfide) groups is 1. The highest BCUT2D eigenvalue weighted by Crippen LogP contribution is 2.36. The fraction of sp³-hybridized carbons (Fsp3) is 0.750. The van der Waals surface area contributed by atoms with Gasteiger partial charge in [0.25, 0.3) is 0 Å². The lowest BCUT2D eigenvalue weighted by molar-refractivity contribution is 0.186. The highest BCUT2D eigenvalue weighted by molar-refractivity contribution is 7.99. The highest BCUT2D eigenvalue weighted by Gasteiger charge is 2.51. The van der Waals surface area contributed by atoms with Crippen LogP contribution in [0.3, 0.4) is 0 Å². The molecule has 2 saturated heterocycles. The Kier molecular flexibility index (Phi) is 1.98. The van der Waals surface area contributed by atoms with Gasteiger partial charge in [-0.1, -0.05) is 0 Å². The molecule has 2 N–H and O–H groups in total. The molecule has 1 unspecified atom stereocenters. The van der Waals surface area contributed by atoms with Gasteiger partial charge in [-0.2, -0.15) is 11.8 Å². The van der Waals surface area contributed by atoms with E-state index in [0.29, 0.717) is 12.4 Å². The maximum absolute atomic E-state index is 11.4. The highest BCUT2D eigenvalue weighted by atomic mass is 32.2. The smallest absolute Gasteiger partial charge is 0.311 e. The lowest BCUT2D eigenvalue weighted by atomic mass is 9.97. The summed E-state index contributed by atoms with van der Waals surface area (Å²) in [6.07, 6.45) is 0.920. The van der Waals surface area contributed by atoms with Crippen LogP contribution in [-0.4, -0.2) is 40.4 Å². The predicted molar refractivity (Wildman–Crippen MR) is 53.3 cm³/mol. The number of nitrogens with one attached hydrogen (secondary N) is 2. The van der Waals surface area contributed by atoms with Gasteiger partial charge >= 0.3 is 6.03 Å². The fourth-order valence-electron chi connectivity index (χ4n) is 2.03. The van der Waals surface area contributed by atoms with Crippen molar-refractivity contribution < 1.29 is 4.79 Å². The third-order valence-electron chi connectivity index (χ3n) is 2.78. The van der Waals surface area contributed by atoms with E-state index in [1.807, 2.05) is 18.7 Å². The molecule has 2 rings (SSSR count). The number of amidine groups is 1. The Hall–Kier alpha value is -0.710. The van der Waals surface area contributed by atoms with E-state index in [2.05, 4.69) is 5.32 Å². The van der Waals surface area contributed by atoms with Gasteiger partial charge in [-0.05, 0) is 19.1 Å². The number of carbonyl (C=O) groups excluding carboxylic acids is 1. The van der Waals surface area contributed by atoms with Gasteiger partial charge in [0, 0.05) is 12.3 Å². The summed E-state index contributed by atoms with van der Waals surface area (Å²) in [5.74, 6) is 2.32. The summed E-state index contributed by atoms with van der Waals surface area (Å²) in [7, 11) is 0. The minimum Gasteiger partial charge on any atom is -0.311 e. The molecule has 4 nitrogen and oxygen atoms in total. The maximum Gasteiger partial charge on any atom is 0.323 e. The molecular weight excluding hydrogens is 186 g/mol. The second-order valence-electron chi connectivity index (χ2n) is 3.38. The number of carbonyl (C=O) groups is 1. The molecule has 2 heterocycles. The molecule has 0 saturated carbocycles. The van der Waals surface area contributed by atoms with Crippen LogP contribution < -0.4 is 5.32 Å². The number of likely N-dealkylation sites (N-methyl/N-ethyl adjacent to an activating group) is 1. The Labute approximate surface area is 81.6 Å². The third kappa shape index (κ3) is 1.06. The molecule has 0 radical (unpaired) electrons. The Morgan fingerprint density at radius 3 is 3.08 bits per heavy atom. The normalized spacial score (nSPS) is 33.2. The zero-order valence-electron chi connectivity index (χ0n) is 7.59. The van der Waals surface area contributed by atoms with Crippen LogP contribution in [0.4, 0.5) is 4.79 Å². The topological polar surface area (TPSA) is 56.2 Å². The molecule has 0 aromatic rings. The Balaban J connectivity index is 2.33. The second kappa shape index (κ2) is 2.90. The van der Waals surface area contributed by atoms with Crippen molar-refractivity contribution in [3.8, 4) is 0 Å². The lowest BCUT2D eigenvalue weighted by Crippen LogP contribution is -2.49. The van der Waals surface area contributed by atoms with E-state index in [0.717, 1.165) is 17.9 Å². The van der Waals surface area contributed by atoms with E-state index < -0.39 is 0 Å². The quantitative estimate of drug-likeness (QED) is 0.658. The molecule has 1 spiro atoms. The molecule has 0 aromatic carbocycles. The summed E-state index contributed by atoms with van der Waals surface area (Å²) in [5.41, 5.74) is -0.295. The van der Waals surface area contributed by atoms with E-state index in [4.69, 9.17) is 5.41 Å². The number of rotatable bonds is 1. The molecule has 2 aliphatic heterocycles. The zero-order chi connectivity index (χ0) is 9.47. The Morgan fingerprint density at radius 2 is 2.54 bits per heavy atom. The minimum absolute atomic E-state index is 0.102. The van der Waals surface area contributed by atoms with Gasteiger partial charge in [0.1, 0.15) is 11.4 Å². The van der Waals surface area contributed by atoms with Gasteiger partial charge in [-0.3, -0.25) is 10.7 Å². The molecule has 0 aliphatic carbocycles. The average Bonchev–Trinajstić information content (AvgIpc) is 2.62. The van der Waals surface area contributed by atoms with E-state index in [9.17, 15) is 4.79 Å². The molecular formula is C8H13N3OS. The number of nitrogens with zero attached hydrogens (tertiary/aromatic N) is 1. The molecule has 0 aromatic heterocycles. The first-order valence-corrected chi connectivity index (χ1v) is 5.61. The first kappa shape index (κ1) is 8.87. The largest absolute Gasteiger partial charge is 0.323 e. The van der Waals surface area contributed by atoms with Crippen molar-refractivity contribution in [3.63, 3.8) is 0 Å². The number of hydrogen-bond donors (Lipinski definition) is 2. The summed E-state index contributed by atoms with van der Waals surface area (Å²) < 4.78 is 0. The monoisotopic (exact) mass is 199 g/mol. The van der Waals surface area contributed by atoms with Crippen LogP contribution >= 0.6 is 11.8 Å². The van der Waals surface area contributed by atoms with E-state index >= 15 is 0 Å². The van der Waals surface area contributed by atoms with Crippen molar-refractivity contribution >= 4 is 23.6 Å². The zero-order valence-corrected chi connectivity index (χ0v) is 8.41. The summed E-state index contributed by atoms with van der Waals surface area (Å²) in [6, 6.07) is -0.102. The lowest BCUT2D eigenvalue weighted by Gasteiger charge is -2.30. The summed E-state index contributed by atoms with van der Waals surface area (Å²) in [6.45, 7) is 2.65. The maximum atomic E-state index is 11.4. The average molecular weight is 199 g/mol. The van der Waals surface area contributed by atoms with Crippen molar-refractivity contribution in [1.82, 2.24) is 10.2 Å². The molecule has 13 heavy (non-hydrogen) atoms. The van der Waals surface area contributed by atoms with Crippen LogP contribution in [0, 0.1) is 5.41 Å². The number of urea groups is 1. The fourth-order valence-corrected chi connectivity index (χ4v) is 3.44. The van der Waals surface area contributed by atoms with Gasteiger partial charge in [-0.15, -0.1) is 0 Å². The number of hydrogen-bond acceptors (Lipinski definition) is 3. The molecule has 1 atom stereocenters. The van der Waals surface area contributed by atoms with E-state index in [1.54, 1.807) is 4.90 Å². The molecule has 5 heteroatoms. The van der Waals surface area contributed by atoms with Crippen LogP contribution in [0.25, 0.3) is 0 Å². The van der Waals surface area contributed by atoms with E-state index in [1.165, 1.54) is 0 Å². The van der Waals surface area contributed by atoms with Crippen LogP contribution in [-0.2, 0) is 0 Å². The summed E-state index contributed by atoms with van der Waals surface area (Å²) in [4.78, 5) is 13.2. The SMILES string of the molecule is CCN1C(=O)NC(=N)C12CCSC2. The van der Waals surface area contributed by atoms with Gasteiger partial charge in [0.15, 0.2) is 0 Å². The van der Waals surface area contributed by atoms with Crippen molar-refractivity contribution in [2.45, 2.75) is 18.9 Å². The number of amides is 2. The molecule has 72 valence electrons. The van der Waals surface area contributed by atoms with E-state index in [-0.39, 0.29) is 11.6 Å². The van der Waals surface area contributed by atoms with Crippen molar-refractivity contribution in [3.05, 3.63) is 0 Å². The van der Waals surface area contributed by atoms with Crippen molar-refractivity contribution in [2.75, 3.05) is 18.1 Å². The molecule has 2 fully saturated rings.